The molecule has 0 fully saturated rings. The lowest BCUT2D eigenvalue weighted by Crippen LogP contribution is -2.24. The van der Waals surface area contributed by atoms with E-state index in [1.165, 1.54) is 16.7 Å². The lowest BCUT2D eigenvalue weighted by molar-refractivity contribution is 0.606. The van der Waals surface area contributed by atoms with Gasteiger partial charge in [-0.25, -0.2) is 0 Å². The van der Waals surface area contributed by atoms with E-state index < -0.39 is 0 Å². The SMILES string of the molecule is c1ccc(C(NCCc2ccsc2)c2ccccc2)cc1. The molecular formula is C19H19NS. The molecule has 0 atom stereocenters. The molecule has 0 saturated carbocycles. The molecular weight excluding hydrogens is 274 g/mol. The topological polar surface area (TPSA) is 12.0 Å². The second-order valence-corrected chi connectivity index (χ2v) is 5.87. The van der Waals surface area contributed by atoms with E-state index in [0.717, 1.165) is 13.0 Å². The molecule has 106 valence electrons. The first-order valence-electron chi connectivity index (χ1n) is 7.28. The van der Waals surface area contributed by atoms with E-state index in [1.807, 2.05) is 0 Å². The Morgan fingerprint density at radius 3 is 1.95 bits per heavy atom. The molecule has 0 bridgehead atoms. The molecule has 0 unspecified atom stereocenters. The van der Waals surface area contributed by atoms with Gasteiger partial charge in [0.25, 0.3) is 0 Å². The van der Waals surface area contributed by atoms with E-state index in [9.17, 15) is 0 Å². The molecule has 0 spiro atoms. The van der Waals surface area contributed by atoms with Crippen LogP contribution in [0.5, 0.6) is 0 Å². The summed E-state index contributed by atoms with van der Waals surface area (Å²) in [6.45, 7) is 0.977. The molecule has 2 heteroatoms. The van der Waals surface area contributed by atoms with E-state index in [-0.39, 0.29) is 6.04 Å². The Labute approximate surface area is 130 Å². The van der Waals surface area contributed by atoms with Gasteiger partial charge < -0.3 is 5.32 Å². The predicted molar refractivity (Wildman–Crippen MR) is 90.8 cm³/mol. The summed E-state index contributed by atoms with van der Waals surface area (Å²) in [7, 11) is 0. The van der Waals surface area contributed by atoms with Gasteiger partial charge in [-0.15, -0.1) is 0 Å². The lowest BCUT2D eigenvalue weighted by Gasteiger charge is -2.19. The Morgan fingerprint density at radius 2 is 1.43 bits per heavy atom. The van der Waals surface area contributed by atoms with Crippen LogP contribution in [0.15, 0.2) is 77.5 Å². The molecule has 3 rings (SSSR count). The third-order valence-electron chi connectivity index (χ3n) is 3.61. The van der Waals surface area contributed by atoms with Gasteiger partial charge in [-0.2, -0.15) is 11.3 Å². The predicted octanol–water partition coefficient (Wildman–Crippen LogP) is 4.67. The van der Waals surface area contributed by atoms with Crippen LogP contribution in [0.1, 0.15) is 22.7 Å². The minimum atomic E-state index is 0.256. The van der Waals surface area contributed by atoms with Gasteiger partial charge >= 0.3 is 0 Å². The molecule has 0 aliphatic carbocycles. The number of rotatable bonds is 6. The van der Waals surface area contributed by atoms with Crippen LogP contribution in [0.3, 0.4) is 0 Å². The number of benzene rings is 2. The first-order valence-corrected chi connectivity index (χ1v) is 8.22. The molecule has 0 amide bonds. The van der Waals surface area contributed by atoms with Crippen LogP contribution in [0, 0.1) is 0 Å². The van der Waals surface area contributed by atoms with Gasteiger partial charge in [-0.1, -0.05) is 60.7 Å². The van der Waals surface area contributed by atoms with Crippen molar-refractivity contribution in [1.82, 2.24) is 5.32 Å². The van der Waals surface area contributed by atoms with Crippen LogP contribution >= 0.6 is 11.3 Å². The van der Waals surface area contributed by atoms with Crippen molar-refractivity contribution >= 4 is 11.3 Å². The monoisotopic (exact) mass is 293 g/mol. The maximum absolute atomic E-state index is 3.70. The standard InChI is InChI=1S/C19H19NS/c1-3-7-17(8-4-1)19(18-9-5-2-6-10-18)20-13-11-16-12-14-21-15-16/h1-10,12,14-15,19-20H,11,13H2. The maximum atomic E-state index is 3.70. The van der Waals surface area contributed by atoms with E-state index in [1.54, 1.807) is 11.3 Å². The Morgan fingerprint density at radius 1 is 0.810 bits per heavy atom. The smallest absolute Gasteiger partial charge is 0.0576 e. The van der Waals surface area contributed by atoms with E-state index in [0.29, 0.717) is 0 Å². The molecule has 1 nitrogen and oxygen atoms in total. The summed E-state index contributed by atoms with van der Waals surface area (Å²) in [6, 6.07) is 23.8. The molecule has 0 aliphatic heterocycles. The molecule has 1 aromatic heterocycles. The fourth-order valence-electron chi connectivity index (χ4n) is 2.51. The van der Waals surface area contributed by atoms with Crippen LogP contribution in [0.25, 0.3) is 0 Å². The highest BCUT2D eigenvalue weighted by Gasteiger charge is 2.12. The van der Waals surface area contributed by atoms with Gasteiger partial charge in [-0.05, 0) is 39.9 Å². The molecule has 0 saturated heterocycles. The molecule has 3 aromatic rings. The summed E-state index contributed by atoms with van der Waals surface area (Å²) in [6.07, 6.45) is 1.07. The Hall–Kier alpha value is -1.90. The first-order chi connectivity index (χ1) is 10.4. The van der Waals surface area contributed by atoms with Crippen molar-refractivity contribution in [2.75, 3.05) is 6.54 Å². The average molecular weight is 293 g/mol. The highest BCUT2D eigenvalue weighted by atomic mass is 32.1. The maximum Gasteiger partial charge on any atom is 0.0576 e. The zero-order chi connectivity index (χ0) is 14.3. The summed E-state index contributed by atoms with van der Waals surface area (Å²) < 4.78 is 0. The normalized spacial score (nSPS) is 10.9. The van der Waals surface area contributed by atoms with Gasteiger partial charge in [0.05, 0.1) is 6.04 Å². The number of nitrogens with one attached hydrogen (secondary N) is 1. The van der Waals surface area contributed by atoms with Gasteiger partial charge in [0.1, 0.15) is 0 Å². The van der Waals surface area contributed by atoms with E-state index in [2.05, 4.69) is 82.8 Å². The van der Waals surface area contributed by atoms with Crippen LogP contribution in [-0.2, 0) is 6.42 Å². The van der Waals surface area contributed by atoms with Crippen molar-refractivity contribution in [1.29, 1.82) is 0 Å². The number of hydrogen-bond donors (Lipinski definition) is 1. The second-order valence-electron chi connectivity index (χ2n) is 5.09. The van der Waals surface area contributed by atoms with Crippen molar-refractivity contribution in [3.63, 3.8) is 0 Å². The fourth-order valence-corrected chi connectivity index (χ4v) is 3.22. The third-order valence-corrected chi connectivity index (χ3v) is 4.34. The third kappa shape index (κ3) is 3.81. The van der Waals surface area contributed by atoms with Crippen LogP contribution in [0.2, 0.25) is 0 Å². The van der Waals surface area contributed by atoms with Crippen molar-refractivity contribution < 1.29 is 0 Å². The van der Waals surface area contributed by atoms with Crippen LogP contribution < -0.4 is 5.32 Å². The first kappa shape index (κ1) is 14.1. The van der Waals surface area contributed by atoms with E-state index >= 15 is 0 Å². The van der Waals surface area contributed by atoms with Gasteiger partial charge in [0.2, 0.25) is 0 Å². The molecule has 0 radical (unpaired) electrons. The van der Waals surface area contributed by atoms with Crippen LogP contribution in [0.4, 0.5) is 0 Å². The van der Waals surface area contributed by atoms with Crippen molar-refractivity contribution in [2.45, 2.75) is 12.5 Å². The average Bonchev–Trinajstić information content (AvgIpc) is 3.07. The summed E-state index contributed by atoms with van der Waals surface area (Å²) in [5.41, 5.74) is 4.04. The van der Waals surface area contributed by atoms with Crippen molar-refractivity contribution in [2.24, 2.45) is 0 Å². The minimum absolute atomic E-state index is 0.256. The molecule has 21 heavy (non-hydrogen) atoms. The Kier molecular flexibility index (Phi) is 4.82. The second kappa shape index (κ2) is 7.21. The highest BCUT2D eigenvalue weighted by Crippen LogP contribution is 2.21. The van der Waals surface area contributed by atoms with Gasteiger partial charge in [0, 0.05) is 6.54 Å². The Bertz CT molecular complexity index is 592. The Balaban J connectivity index is 1.73. The van der Waals surface area contributed by atoms with Gasteiger partial charge in [-0.3, -0.25) is 0 Å². The quantitative estimate of drug-likeness (QED) is 0.696. The fraction of sp³-hybridized carbons (Fsp3) is 0.158. The number of hydrogen-bond acceptors (Lipinski definition) is 2. The van der Waals surface area contributed by atoms with E-state index in [4.69, 9.17) is 0 Å². The summed E-state index contributed by atoms with van der Waals surface area (Å²) >= 11 is 1.76. The summed E-state index contributed by atoms with van der Waals surface area (Å²) in [4.78, 5) is 0. The van der Waals surface area contributed by atoms with Crippen molar-refractivity contribution in [3.05, 3.63) is 94.2 Å². The van der Waals surface area contributed by atoms with Crippen molar-refractivity contribution in [3.8, 4) is 0 Å². The number of thiophene rings is 1. The summed E-state index contributed by atoms with van der Waals surface area (Å²) in [5, 5.41) is 8.06. The molecule has 2 aromatic carbocycles. The molecule has 0 aliphatic rings. The molecule has 1 heterocycles. The van der Waals surface area contributed by atoms with Gasteiger partial charge in [0.15, 0.2) is 0 Å². The largest absolute Gasteiger partial charge is 0.306 e. The zero-order valence-electron chi connectivity index (χ0n) is 11.9. The molecule has 1 N–H and O–H groups in total. The zero-order valence-corrected chi connectivity index (χ0v) is 12.7. The highest BCUT2D eigenvalue weighted by molar-refractivity contribution is 7.07. The lowest BCUT2D eigenvalue weighted by atomic mass is 9.98. The minimum Gasteiger partial charge on any atom is -0.306 e. The van der Waals surface area contributed by atoms with Crippen LogP contribution in [-0.4, -0.2) is 6.54 Å². The summed E-state index contributed by atoms with van der Waals surface area (Å²) in [5.74, 6) is 0.